The summed E-state index contributed by atoms with van der Waals surface area (Å²) in [6.45, 7) is 3.46. The number of nitrogens with zero attached hydrogens (tertiary/aromatic N) is 3. The molecule has 1 aromatic carbocycles. The molecule has 3 aromatic heterocycles. The Morgan fingerprint density at radius 3 is 2.71 bits per heavy atom. The fourth-order valence-corrected chi connectivity index (χ4v) is 3.13. The molecule has 31 heavy (non-hydrogen) atoms. The number of hydrogen-bond acceptors (Lipinski definition) is 6. The van der Waals surface area contributed by atoms with E-state index >= 15 is 0 Å². The number of furan rings is 1. The second kappa shape index (κ2) is 8.70. The number of benzene rings is 1. The topological polar surface area (TPSA) is 115 Å². The highest BCUT2D eigenvalue weighted by Crippen LogP contribution is 2.24. The summed E-state index contributed by atoms with van der Waals surface area (Å²) in [5.74, 6) is 1.22. The van der Waals surface area contributed by atoms with Gasteiger partial charge in [-0.15, -0.1) is 0 Å². The Hall–Kier alpha value is -4.14. The van der Waals surface area contributed by atoms with Crippen molar-refractivity contribution in [3.8, 4) is 23.2 Å². The zero-order valence-electron chi connectivity index (χ0n) is 17.1. The molecule has 9 nitrogen and oxygen atoms in total. The van der Waals surface area contributed by atoms with Crippen molar-refractivity contribution in [2.45, 2.75) is 20.3 Å². The lowest BCUT2D eigenvalue weighted by atomic mass is 10.2. The predicted octanol–water partition coefficient (Wildman–Crippen LogP) is 3.10. The number of carbonyl (C=O) groups excluding carboxylic acids is 1. The first-order chi connectivity index (χ1) is 15.0. The molecule has 0 aliphatic rings. The van der Waals surface area contributed by atoms with Crippen molar-refractivity contribution in [2.24, 2.45) is 0 Å². The van der Waals surface area contributed by atoms with Crippen LogP contribution in [0.1, 0.15) is 18.2 Å². The largest absolute Gasteiger partial charge is 0.484 e. The van der Waals surface area contributed by atoms with Gasteiger partial charge in [-0.05, 0) is 37.6 Å². The van der Waals surface area contributed by atoms with Gasteiger partial charge in [-0.3, -0.25) is 14.6 Å². The highest BCUT2D eigenvalue weighted by atomic mass is 16.5. The van der Waals surface area contributed by atoms with Gasteiger partial charge in [0.2, 0.25) is 5.95 Å². The number of H-pyrrole nitrogens is 1. The summed E-state index contributed by atoms with van der Waals surface area (Å²) in [6, 6.07) is 14.2. The van der Waals surface area contributed by atoms with Gasteiger partial charge in [0.05, 0.1) is 6.26 Å². The SMILES string of the molecule is CCc1c(C)nc(-n2nc(-c3ccco3)cc2NC(=O)COc2ccccc2)[nH]c1=O. The molecule has 0 bridgehead atoms. The smallest absolute Gasteiger partial charge is 0.263 e. The molecule has 0 atom stereocenters. The first-order valence-corrected chi connectivity index (χ1v) is 9.77. The lowest BCUT2D eigenvalue weighted by Gasteiger charge is -2.10. The van der Waals surface area contributed by atoms with E-state index < -0.39 is 0 Å². The minimum absolute atomic E-state index is 0.191. The van der Waals surface area contributed by atoms with E-state index in [0.717, 1.165) is 0 Å². The van der Waals surface area contributed by atoms with Crippen molar-refractivity contribution in [1.29, 1.82) is 0 Å². The Labute approximate surface area is 177 Å². The van der Waals surface area contributed by atoms with Crippen molar-refractivity contribution in [2.75, 3.05) is 11.9 Å². The van der Waals surface area contributed by atoms with Crippen molar-refractivity contribution in [1.82, 2.24) is 19.7 Å². The summed E-state index contributed by atoms with van der Waals surface area (Å²) in [5, 5.41) is 7.23. The van der Waals surface area contributed by atoms with Crippen LogP contribution in [0.5, 0.6) is 5.75 Å². The number of aromatic amines is 1. The number of rotatable bonds is 7. The van der Waals surface area contributed by atoms with Gasteiger partial charge < -0.3 is 14.5 Å². The summed E-state index contributed by atoms with van der Waals surface area (Å²) in [7, 11) is 0. The van der Waals surface area contributed by atoms with Crippen LogP contribution in [-0.4, -0.2) is 32.3 Å². The maximum absolute atomic E-state index is 12.5. The third-order valence-electron chi connectivity index (χ3n) is 4.63. The molecule has 1 amide bonds. The Balaban J connectivity index is 1.65. The van der Waals surface area contributed by atoms with Gasteiger partial charge in [0.1, 0.15) is 17.3 Å². The van der Waals surface area contributed by atoms with Crippen LogP contribution in [-0.2, 0) is 11.2 Å². The molecule has 4 rings (SSSR count). The van der Waals surface area contributed by atoms with E-state index in [1.807, 2.05) is 25.1 Å². The number of aromatic nitrogens is 4. The highest BCUT2D eigenvalue weighted by molar-refractivity contribution is 5.91. The van der Waals surface area contributed by atoms with E-state index in [1.165, 1.54) is 10.9 Å². The van der Waals surface area contributed by atoms with E-state index in [-0.39, 0.29) is 24.0 Å². The van der Waals surface area contributed by atoms with Crippen molar-refractivity contribution in [3.63, 3.8) is 0 Å². The average molecular weight is 419 g/mol. The van der Waals surface area contributed by atoms with E-state index in [4.69, 9.17) is 9.15 Å². The molecular formula is C22H21N5O4. The van der Waals surface area contributed by atoms with Crippen LogP contribution in [0, 0.1) is 6.92 Å². The van der Waals surface area contributed by atoms with Crippen LogP contribution in [0.25, 0.3) is 17.4 Å². The highest BCUT2D eigenvalue weighted by Gasteiger charge is 2.18. The van der Waals surface area contributed by atoms with E-state index in [0.29, 0.717) is 40.7 Å². The molecule has 158 valence electrons. The molecule has 0 aliphatic carbocycles. The van der Waals surface area contributed by atoms with Gasteiger partial charge in [0, 0.05) is 17.3 Å². The summed E-state index contributed by atoms with van der Waals surface area (Å²) in [5.41, 5.74) is 1.43. The number of carbonyl (C=O) groups is 1. The molecule has 0 fully saturated rings. The molecule has 2 N–H and O–H groups in total. The number of ether oxygens (including phenoxy) is 1. The number of anilines is 1. The first-order valence-electron chi connectivity index (χ1n) is 9.77. The fourth-order valence-electron chi connectivity index (χ4n) is 3.13. The van der Waals surface area contributed by atoms with Crippen LogP contribution in [0.2, 0.25) is 0 Å². The first kappa shape index (κ1) is 20.1. The number of amides is 1. The number of para-hydroxylation sites is 1. The Morgan fingerprint density at radius 1 is 1.23 bits per heavy atom. The van der Waals surface area contributed by atoms with Crippen LogP contribution in [0.15, 0.2) is 64.0 Å². The van der Waals surface area contributed by atoms with E-state index in [9.17, 15) is 9.59 Å². The molecule has 4 aromatic rings. The third kappa shape index (κ3) is 4.40. The maximum atomic E-state index is 12.5. The monoisotopic (exact) mass is 419 g/mol. The Morgan fingerprint density at radius 2 is 2.03 bits per heavy atom. The van der Waals surface area contributed by atoms with Crippen molar-refractivity contribution >= 4 is 11.7 Å². The van der Waals surface area contributed by atoms with Gasteiger partial charge in [-0.1, -0.05) is 25.1 Å². The van der Waals surface area contributed by atoms with E-state index in [1.54, 1.807) is 37.3 Å². The van der Waals surface area contributed by atoms with Gasteiger partial charge in [0.15, 0.2) is 12.4 Å². The Kier molecular flexibility index (Phi) is 5.65. The summed E-state index contributed by atoms with van der Waals surface area (Å²) < 4.78 is 12.3. The maximum Gasteiger partial charge on any atom is 0.263 e. The molecule has 0 spiro atoms. The lowest BCUT2D eigenvalue weighted by molar-refractivity contribution is -0.118. The molecule has 0 radical (unpaired) electrons. The van der Waals surface area contributed by atoms with Crippen molar-refractivity contribution < 1.29 is 13.9 Å². The van der Waals surface area contributed by atoms with Gasteiger partial charge in [-0.25, -0.2) is 4.98 Å². The number of aryl methyl sites for hydroxylation is 1. The third-order valence-corrected chi connectivity index (χ3v) is 4.63. The molecule has 9 heteroatoms. The quantitative estimate of drug-likeness (QED) is 0.476. The number of nitrogens with one attached hydrogen (secondary N) is 2. The predicted molar refractivity (Wildman–Crippen MR) is 114 cm³/mol. The molecule has 3 heterocycles. The second-order valence-corrected chi connectivity index (χ2v) is 6.76. The van der Waals surface area contributed by atoms with Gasteiger partial charge >= 0.3 is 0 Å². The molecule has 0 aliphatic heterocycles. The van der Waals surface area contributed by atoms with Crippen LogP contribution in [0.3, 0.4) is 0 Å². The summed E-state index contributed by atoms with van der Waals surface area (Å²) >= 11 is 0. The molecule has 0 saturated heterocycles. The summed E-state index contributed by atoms with van der Waals surface area (Å²) in [4.78, 5) is 32.1. The van der Waals surface area contributed by atoms with Crippen LogP contribution in [0.4, 0.5) is 5.82 Å². The van der Waals surface area contributed by atoms with Crippen LogP contribution < -0.4 is 15.6 Å². The Bertz CT molecular complexity index is 1240. The molecule has 0 saturated carbocycles. The average Bonchev–Trinajstić information content (AvgIpc) is 3.43. The van der Waals surface area contributed by atoms with E-state index in [2.05, 4.69) is 20.4 Å². The summed E-state index contributed by atoms with van der Waals surface area (Å²) in [6.07, 6.45) is 2.09. The number of hydrogen-bond donors (Lipinski definition) is 2. The van der Waals surface area contributed by atoms with Crippen molar-refractivity contribution in [3.05, 3.63) is 76.4 Å². The zero-order chi connectivity index (χ0) is 21.8. The minimum Gasteiger partial charge on any atom is -0.484 e. The fraction of sp³-hybridized carbons (Fsp3) is 0.182. The van der Waals surface area contributed by atoms with Gasteiger partial charge in [-0.2, -0.15) is 9.78 Å². The standard InChI is InChI=1S/C22H21N5O4/c1-3-16-14(2)23-22(25-21(16)29)27-19(12-17(26-27)18-10-7-11-30-18)24-20(28)13-31-15-8-5-4-6-9-15/h4-12H,3,13H2,1-2H3,(H,24,28)(H,23,25,29). The zero-order valence-corrected chi connectivity index (χ0v) is 17.1. The lowest BCUT2D eigenvalue weighted by Crippen LogP contribution is -2.24. The van der Waals surface area contributed by atoms with Crippen LogP contribution >= 0.6 is 0 Å². The normalized spacial score (nSPS) is 10.8. The second-order valence-electron chi connectivity index (χ2n) is 6.76. The molecular weight excluding hydrogens is 398 g/mol. The van der Waals surface area contributed by atoms with Gasteiger partial charge in [0.25, 0.3) is 11.5 Å². The minimum atomic E-state index is -0.389. The molecule has 0 unspecified atom stereocenters.